The Morgan fingerprint density at radius 1 is 1.05 bits per heavy atom. The molecule has 4 heteroatoms. The van der Waals surface area contributed by atoms with Crippen molar-refractivity contribution in [1.29, 1.82) is 0 Å². The topological polar surface area (TPSA) is 39.4 Å². The summed E-state index contributed by atoms with van der Waals surface area (Å²) in [5.74, 6) is -0.277. The zero-order valence-electron chi connectivity index (χ0n) is 10.5. The van der Waals surface area contributed by atoms with Gasteiger partial charge >= 0.3 is 5.97 Å². The van der Waals surface area contributed by atoms with Gasteiger partial charge in [-0.25, -0.2) is 4.79 Å². The number of furan rings is 1. The van der Waals surface area contributed by atoms with Gasteiger partial charge in [-0.05, 0) is 44.4 Å². The Bertz CT molecular complexity index is 756. The van der Waals surface area contributed by atoms with Crippen LogP contribution in [0.15, 0.2) is 63.7 Å². The molecular weight excluding hydrogens is 320 g/mol. The maximum absolute atomic E-state index is 11.8. The first-order valence-electron chi connectivity index (χ1n) is 6.13. The second-order valence-electron chi connectivity index (χ2n) is 4.32. The van der Waals surface area contributed by atoms with E-state index in [0.717, 1.165) is 16.3 Å². The molecule has 0 amide bonds. The van der Waals surface area contributed by atoms with Crippen LogP contribution < -0.4 is 0 Å². The van der Waals surface area contributed by atoms with E-state index in [4.69, 9.17) is 9.15 Å². The number of esters is 1. The molecule has 0 spiro atoms. The fraction of sp³-hybridized carbons (Fsp3) is 0.0625. The summed E-state index contributed by atoms with van der Waals surface area (Å²) in [5.41, 5.74) is 0.974. The molecule has 0 atom stereocenters. The van der Waals surface area contributed by atoms with E-state index in [1.165, 1.54) is 0 Å². The van der Waals surface area contributed by atoms with E-state index in [1.807, 2.05) is 42.5 Å². The van der Waals surface area contributed by atoms with Gasteiger partial charge in [0.05, 0.1) is 0 Å². The van der Waals surface area contributed by atoms with Gasteiger partial charge in [0, 0.05) is 0 Å². The van der Waals surface area contributed by atoms with Crippen molar-refractivity contribution in [3.8, 4) is 0 Å². The lowest BCUT2D eigenvalue weighted by Gasteiger charge is -2.07. The molecular formula is C16H11BrO3. The molecule has 0 saturated carbocycles. The largest absolute Gasteiger partial charge is 0.455 e. The van der Waals surface area contributed by atoms with Gasteiger partial charge in [-0.15, -0.1) is 0 Å². The summed E-state index contributed by atoms with van der Waals surface area (Å²) in [6.45, 7) is 0.221. The van der Waals surface area contributed by atoms with E-state index < -0.39 is 5.97 Å². The van der Waals surface area contributed by atoms with Gasteiger partial charge in [0.15, 0.2) is 4.67 Å². The number of benzene rings is 2. The Kier molecular flexibility index (Phi) is 3.56. The van der Waals surface area contributed by atoms with Crippen LogP contribution in [0.25, 0.3) is 10.8 Å². The summed E-state index contributed by atoms with van der Waals surface area (Å²) >= 11 is 3.15. The van der Waals surface area contributed by atoms with Crippen LogP contribution >= 0.6 is 15.9 Å². The molecule has 0 fully saturated rings. The lowest BCUT2D eigenvalue weighted by Crippen LogP contribution is -2.04. The Morgan fingerprint density at radius 3 is 2.65 bits per heavy atom. The molecule has 3 nitrogen and oxygen atoms in total. The maximum atomic E-state index is 11.8. The van der Waals surface area contributed by atoms with Crippen molar-refractivity contribution < 1.29 is 13.9 Å². The molecule has 0 aliphatic carbocycles. The van der Waals surface area contributed by atoms with Crippen LogP contribution in [0.3, 0.4) is 0 Å². The van der Waals surface area contributed by atoms with Gasteiger partial charge in [0.25, 0.3) is 0 Å². The molecule has 2 aromatic carbocycles. The maximum Gasteiger partial charge on any atom is 0.374 e. The Morgan fingerprint density at radius 2 is 1.85 bits per heavy atom. The van der Waals surface area contributed by atoms with E-state index in [0.29, 0.717) is 4.67 Å². The summed E-state index contributed by atoms with van der Waals surface area (Å²) in [4.78, 5) is 11.8. The summed E-state index contributed by atoms with van der Waals surface area (Å²) in [6, 6.07) is 17.2. The van der Waals surface area contributed by atoms with E-state index in [1.54, 1.807) is 12.1 Å². The first-order chi connectivity index (χ1) is 9.74. The van der Waals surface area contributed by atoms with Crippen LogP contribution in [-0.2, 0) is 11.3 Å². The van der Waals surface area contributed by atoms with Crippen molar-refractivity contribution in [2.45, 2.75) is 6.61 Å². The van der Waals surface area contributed by atoms with Crippen LogP contribution in [0.1, 0.15) is 16.1 Å². The standard InChI is InChI=1S/C16H11BrO3/c17-15-9-8-14(20-15)16(18)19-10-12-6-3-5-11-4-1-2-7-13(11)12/h1-9H,10H2. The van der Waals surface area contributed by atoms with E-state index in [-0.39, 0.29) is 12.4 Å². The van der Waals surface area contributed by atoms with Crippen molar-refractivity contribution in [3.63, 3.8) is 0 Å². The van der Waals surface area contributed by atoms with Gasteiger partial charge in [-0.1, -0.05) is 42.5 Å². The van der Waals surface area contributed by atoms with Crippen LogP contribution in [0.2, 0.25) is 0 Å². The summed E-state index contributed by atoms with van der Waals surface area (Å²) < 4.78 is 11.0. The van der Waals surface area contributed by atoms with Gasteiger partial charge in [-0.3, -0.25) is 0 Å². The normalized spacial score (nSPS) is 10.7. The van der Waals surface area contributed by atoms with Gasteiger partial charge in [0.1, 0.15) is 6.61 Å². The Balaban J connectivity index is 1.79. The average molecular weight is 331 g/mol. The molecule has 0 aliphatic rings. The number of carbonyl (C=O) groups excluding carboxylic acids is 1. The molecule has 20 heavy (non-hydrogen) atoms. The molecule has 3 aromatic rings. The van der Waals surface area contributed by atoms with Crippen molar-refractivity contribution in [3.05, 3.63) is 70.6 Å². The second-order valence-corrected chi connectivity index (χ2v) is 5.10. The third-order valence-electron chi connectivity index (χ3n) is 3.01. The van der Waals surface area contributed by atoms with Crippen LogP contribution in [0.5, 0.6) is 0 Å². The highest BCUT2D eigenvalue weighted by Crippen LogP contribution is 2.20. The highest BCUT2D eigenvalue weighted by molar-refractivity contribution is 9.10. The molecule has 0 unspecified atom stereocenters. The fourth-order valence-corrected chi connectivity index (χ4v) is 2.36. The number of fused-ring (bicyclic) bond motifs is 1. The van der Waals surface area contributed by atoms with Gasteiger partial charge in [-0.2, -0.15) is 0 Å². The Hall–Kier alpha value is -2.07. The highest BCUT2D eigenvalue weighted by Gasteiger charge is 2.12. The highest BCUT2D eigenvalue weighted by atomic mass is 79.9. The molecule has 1 heterocycles. The Labute approximate surface area is 124 Å². The lowest BCUT2D eigenvalue weighted by atomic mass is 10.1. The monoisotopic (exact) mass is 330 g/mol. The molecule has 1 aromatic heterocycles. The summed E-state index contributed by atoms with van der Waals surface area (Å²) in [7, 11) is 0. The van der Waals surface area contributed by atoms with Crippen LogP contribution in [-0.4, -0.2) is 5.97 Å². The SMILES string of the molecule is O=C(OCc1cccc2ccccc12)c1ccc(Br)o1. The van der Waals surface area contributed by atoms with Crippen LogP contribution in [0, 0.1) is 0 Å². The first kappa shape index (κ1) is 12.9. The minimum absolute atomic E-state index is 0.192. The van der Waals surface area contributed by atoms with Gasteiger partial charge in [0.2, 0.25) is 5.76 Å². The number of halogens is 1. The molecule has 0 saturated heterocycles. The molecule has 3 rings (SSSR count). The number of hydrogen-bond acceptors (Lipinski definition) is 3. The minimum Gasteiger partial charge on any atom is -0.455 e. The lowest BCUT2D eigenvalue weighted by molar-refractivity contribution is 0.0436. The number of carbonyl (C=O) groups is 1. The number of hydrogen-bond donors (Lipinski definition) is 0. The molecule has 0 N–H and O–H groups in total. The summed E-state index contributed by atoms with van der Waals surface area (Å²) in [6.07, 6.45) is 0. The smallest absolute Gasteiger partial charge is 0.374 e. The van der Waals surface area contributed by atoms with E-state index in [2.05, 4.69) is 15.9 Å². The molecule has 0 bridgehead atoms. The van der Waals surface area contributed by atoms with Crippen molar-refractivity contribution in [1.82, 2.24) is 0 Å². The number of ether oxygens (including phenoxy) is 1. The molecule has 100 valence electrons. The fourth-order valence-electron chi connectivity index (χ4n) is 2.06. The zero-order valence-corrected chi connectivity index (χ0v) is 12.1. The third kappa shape index (κ3) is 2.60. The molecule has 0 radical (unpaired) electrons. The molecule has 0 aliphatic heterocycles. The minimum atomic E-state index is -0.469. The first-order valence-corrected chi connectivity index (χ1v) is 6.92. The van der Waals surface area contributed by atoms with E-state index >= 15 is 0 Å². The number of rotatable bonds is 3. The predicted molar refractivity (Wildman–Crippen MR) is 79.5 cm³/mol. The van der Waals surface area contributed by atoms with Gasteiger partial charge < -0.3 is 9.15 Å². The zero-order chi connectivity index (χ0) is 13.9. The van der Waals surface area contributed by atoms with Crippen molar-refractivity contribution in [2.24, 2.45) is 0 Å². The summed E-state index contributed by atoms with van der Waals surface area (Å²) in [5, 5.41) is 2.21. The quantitative estimate of drug-likeness (QED) is 0.661. The second kappa shape index (κ2) is 5.51. The predicted octanol–water partition coefficient (Wildman–Crippen LogP) is 4.55. The average Bonchev–Trinajstić information content (AvgIpc) is 2.91. The van der Waals surface area contributed by atoms with Crippen molar-refractivity contribution in [2.75, 3.05) is 0 Å². The van der Waals surface area contributed by atoms with Crippen molar-refractivity contribution >= 4 is 32.7 Å². The van der Waals surface area contributed by atoms with E-state index in [9.17, 15) is 4.79 Å². The van der Waals surface area contributed by atoms with Crippen LogP contribution in [0.4, 0.5) is 0 Å². The third-order valence-corrected chi connectivity index (χ3v) is 3.44.